The van der Waals surface area contributed by atoms with Gasteiger partial charge in [0.25, 0.3) is 0 Å². The van der Waals surface area contributed by atoms with Crippen molar-refractivity contribution in [1.82, 2.24) is 0 Å². The normalized spacial score (nSPS) is 12.8. The molecule has 0 saturated heterocycles. The Labute approximate surface area is 118 Å². The predicted molar refractivity (Wildman–Crippen MR) is 75.0 cm³/mol. The van der Waals surface area contributed by atoms with Crippen molar-refractivity contribution in [3.05, 3.63) is 28.8 Å². The van der Waals surface area contributed by atoms with Crippen LogP contribution in [0.25, 0.3) is 0 Å². The van der Waals surface area contributed by atoms with Crippen LogP contribution in [0.3, 0.4) is 0 Å². The van der Waals surface area contributed by atoms with Crippen molar-refractivity contribution in [3.63, 3.8) is 0 Å². The van der Waals surface area contributed by atoms with Crippen molar-refractivity contribution in [1.29, 1.82) is 0 Å². The number of esters is 1. The van der Waals surface area contributed by atoms with Crippen molar-refractivity contribution in [3.8, 4) is 0 Å². The van der Waals surface area contributed by atoms with Crippen molar-refractivity contribution < 1.29 is 17.9 Å². The van der Waals surface area contributed by atoms with E-state index in [-0.39, 0.29) is 16.7 Å². The highest BCUT2D eigenvalue weighted by molar-refractivity contribution is 7.92. The van der Waals surface area contributed by atoms with E-state index in [0.29, 0.717) is 12.2 Å². The minimum atomic E-state index is -3.38. The summed E-state index contributed by atoms with van der Waals surface area (Å²) in [6.45, 7) is 3.74. The molecule has 0 fully saturated rings. The van der Waals surface area contributed by atoms with E-state index in [9.17, 15) is 13.2 Å². The fourth-order valence-electron chi connectivity index (χ4n) is 1.49. The molecule has 0 radical (unpaired) electrons. The Kier molecular flexibility index (Phi) is 5.20. The predicted octanol–water partition coefficient (Wildman–Crippen LogP) is 2.38. The standard InChI is InChI=1S/C12H16ClNO4S/c1-4-18-12(15)8(2)9-5-6-11(10(13)7-9)14-19(3,16)17/h5-8,14H,4H2,1-3H3. The lowest BCUT2D eigenvalue weighted by molar-refractivity contribution is -0.144. The minimum absolute atomic E-state index is 0.235. The number of benzene rings is 1. The molecule has 0 heterocycles. The molecule has 1 unspecified atom stereocenters. The zero-order valence-electron chi connectivity index (χ0n) is 10.9. The van der Waals surface area contributed by atoms with Crippen LogP contribution in [0.2, 0.25) is 5.02 Å². The maximum absolute atomic E-state index is 11.6. The number of carbonyl (C=O) groups is 1. The number of anilines is 1. The molecule has 0 saturated carbocycles. The molecule has 0 aliphatic rings. The molecule has 1 rings (SSSR count). The second-order valence-electron chi connectivity index (χ2n) is 4.09. The highest BCUT2D eigenvalue weighted by atomic mass is 35.5. The van der Waals surface area contributed by atoms with Gasteiger partial charge in [0.15, 0.2) is 0 Å². The van der Waals surface area contributed by atoms with Crippen LogP contribution in [-0.2, 0) is 19.6 Å². The van der Waals surface area contributed by atoms with E-state index in [1.807, 2.05) is 0 Å². The SMILES string of the molecule is CCOC(=O)C(C)c1ccc(NS(C)(=O)=O)c(Cl)c1. The lowest BCUT2D eigenvalue weighted by Gasteiger charge is -2.13. The third kappa shape index (κ3) is 4.72. The summed E-state index contributed by atoms with van der Waals surface area (Å²) in [5.74, 6) is -0.799. The number of hydrogen-bond acceptors (Lipinski definition) is 4. The number of carbonyl (C=O) groups excluding carboxylic acids is 1. The maximum Gasteiger partial charge on any atom is 0.313 e. The molecule has 1 N–H and O–H groups in total. The van der Waals surface area contributed by atoms with Gasteiger partial charge in [0.2, 0.25) is 10.0 Å². The molecule has 0 aliphatic heterocycles. The maximum atomic E-state index is 11.6. The second-order valence-corrected chi connectivity index (χ2v) is 6.24. The van der Waals surface area contributed by atoms with Crippen molar-refractivity contribution in [2.75, 3.05) is 17.6 Å². The number of halogens is 1. The number of hydrogen-bond donors (Lipinski definition) is 1. The molecular weight excluding hydrogens is 290 g/mol. The molecule has 1 atom stereocenters. The van der Waals surface area contributed by atoms with Crippen LogP contribution < -0.4 is 4.72 Å². The monoisotopic (exact) mass is 305 g/mol. The Hall–Kier alpha value is -1.27. The highest BCUT2D eigenvalue weighted by Gasteiger charge is 2.17. The van der Waals surface area contributed by atoms with Crippen LogP contribution in [-0.4, -0.2) is 27.2 Å². The van der Waals surface area contributed by atoms with Crippen LogP contribution in [0.4, 0.5) is 5.69 Å². The topological polar surface area (TPSA) is 72.5 Å². The molecule has 0 aliphatic carbocycles. The molecule has 106 valence electrons. The van der Waals surface area contributed by atoms with Gasteiger partial charge in [0.05, 0.1) is 29.5 Å². The summed E-state index contributed by atoms with van der Waals surface area (Å²) in [5, 5.41) is 0.235. The van der Waals surface area contributed by atoms with E-state index in [0.717, 1.165) is 6.26 Å². The molecule has 1 aromatic carbocycles. The van der Waals surface area contributed by atoms with E-state index in [4.69, 9.17) is 16.3 Å². The summed E-state index contributed by atoms with van der Waals surface area (Å²) in [7, 11) is -3.38. The first kappa shape index (κ1) is 15.8. The number of ether oxygens (including phenoxy) is 1. The molecule has 0 amide bonds. The van der Waals surface area contributed by atoms with E-state index in [1.165, 1.54) is 6.07 Å². The lowest BCUT2D eigenvalue weighted by atomic mass is 10.0. The average molecular weight is 306 g/mol. The van der Waals surface area contributed by atoms with Gasteiger partial charge in [-0.2, -0.15) is 0 Å². The van der Waals surface area contributed by atoms with Gasteiger partial charge in [-0.1, -0.05) is 17.7 Å². The van der Waals surface area contributed by atoms with Gasteiger partial charge < -0.3 is 4.74 Å². The second kappa shape index (κ2) is 6.25. The molecule has 0 spiro atoms. The first-order valence-electron chi connectivity index (χ1n) is 5.68. The van der Waals surface area contributed by atoms with Crippen LogP contribution in [0.1, 0.15) is 25.3 Å². The van der Waals surface area contributed by atoms with Crippen LogP contribution in [0.15, 0.2) is 18.2 Å². The molecule has 0 aromatic heterocycles. The Morgan fingerprint density at radius 1 is 1.47 bits per heavy atom. The lowest BCUT2D eigenvalue weighted by Crippen LogP contribution is -2.14. The van der Waals surface area contributed by atoms with E-state index < -0.39 is 15.9 Å². The van der Waals surface area contributed by atoms with Crippen LogP contribution in [0.5, 0.6) is 0 Å². The van der Waals surface area contributed by atoms with Crippen LogP contribution in [0, 0.1) is 0 Å². The molecule has 7 heteroatoms. The van der Waals surface area contributed by atoms with Gasteiger partial charge in [-0.15, -0.1) is 0 Å². The van der Waals surface area contributed by atoms with E-state index in [2.05, 4.69) is 4.72 Å². The third-order valence-corrected chi connectivity index (χ3v) is 3.33. The first-order valence-corrected chi connectivity index (χ1v) is 7.95. The smallest absolute Gasteiger partial charge is 0.313 e. The zero-order valence-corrected chi connectivity index (χ0v) is 12.5. The van der Waals surface area contributed by atoms with Gasteiger partial charge in [-0.3, -0.25) is 9.52 Å². The van der Waals surface area contributed by atoms with E-state index in [1.54, 1.807) is 26.0 Å². The largest absolute Gasteiger partial charge is 0.466 e. The first-order chi connectivity index (χ1) is 8.74. The Bertz CT molecular complexity index is 571. The molecule has 1 aromatic rings. The summed E-state index contributed by atoms with van der Waals surface area (Å²) in [6, 6.07) is 4.71. The average Bonchev–Trinajstić information content (AvgIpc) is 2.29. The number of nitrogens with one attached hydrogen (secondary N) is 1. The van der Waals surface area contributed by atoms with Gasteiger partial charge in [0.1, 0.15) is 0 Å². The Morgan fingerprint density at radius 2 is 2.11 bits per heavy atom. The highest BCUT2D eigenvalue weighted by Crippen LogP contribution is 2.27. The summed E-state index contributed by atoms with van der Waals surface area (Å²) in [6.07, 6.45) is 1.04. The minimum Gasteiger partial charge on any atom is -0.466 e. The van der Waals surface area contributed by atoms with Crippen molar-refractivity contribution in [2.24, 2.45) is 0 Å². The Balaban J connectivity index is 2.96. The molecule has 0 bridgehead atoms. The van der Waals surface area contributed by atoms with Crippen molar-refractivity contribution in [2.45, 2.75) is 19.8 Å². The number of rotatable bonds is 5. The molecule has 5 nitrogen and oxygen atoms in total. The molecular formula is C12H16ClNO4S. The van der Waals surface area contributed by atoms with Gasteiger partial charge >= 0.3 is 5.97 Å². The van der Waals surface area contributed by atoms with E-state index >= 15 is 0 Å². The molecule has 19 heavy (non-hydrogen) atoms. The quantitative estimate of drug-likeness (QED) is 0.848. The fraction of sp³-hybridized carbons (Fsp3) is 0.417. The summed E-state index contributed by atoms with van der Waals surface area (Å²) in [4.78, 5) is 11.6. The number of sulfonamides is 1. The van der Waals surface area contributed by atoms with Crippen LogP contribution >= 0.6 is 11.6 Å². The summed E-state index contributed by atoms with van der Waals surface area (Å²) in [5.41, 5.74) is 0.950. The van der Waals surface area contributed by atoms with Gasteiger partial charge in [0, 0.05) is 0 Å². The van der Waals surface area contributed by atoms with Gasteiger partial charge in [-0.05, 0) is 31.5 Å². The zero-order chi connectivity index (χ0) is 14.6. The summed E-state index contributed by atoms with van der Waals surface area (Å²) >= 11 is 5.98. The third-order valence-electron chi connectivity index (χ3n) is 2.43. The van der Waals surface area contributed by atoms with Crippen molar-refractivity contribution >= 4 is 33.3 Å². The fourth-order valence-corrected chi connectivity index (χ4v) is 2.36. The Morgan fingerprint density at radius 3 is 2.58 bits per heavy atom. The summed E-state index contributed by atoms with van der Waals surface area (Å²) < 4.78 is 29.5. The van der Waals surface area contributed by atoms with Gasteiger partial charge in [-0.25, -0.2) is 8.42 Å².